The molecular formula is C24H31N3O3S. The normalized spacial score (nSPS) is 12.1. The molecule has 0 aliphatic rings. The number of nitrogens with zero attached hydrogens (tertiary/aromatic N) is 1. The summed E-state index contributed by atoms with van der Waals surface area (Å²) >= 11 is 0. The van der Waals surface area contributed by atoms with Gasteiger partial charge in [-0.1, -0.05) is 56.3 Å². The van der Waals surface area contributed by atoms with E-state index in [1.807, 2.05) is 48.7 Å². The molecule has 3 rings (SSSR count). The Labute approximate surface area is 184 Å². The molecule has 2 N–H and O–H groups in total. The minimum atomic E-state index is -3.45. The number of benzene rings is 2. The molecule has 31 heavy (non-hydrogen) atoms. The van der Waals surface area contributed by atoms with Crippen LogP contribution in [0.2, 0.25) is 0 Å². The van der Waals surface area contributed by atoms with E-state index in [1.165, 1.54) is 0 Å². The number of para-hydroxylation sites is 1. The molecule has 0 unspecified atom stereocenters. The number of hydrogen-bond donors (Lipinski definition) is 2. The van der Waals surface area contributed by atoms with E-state index in [0.717, 1.165) is 23.0 Å². The molecule has 0 aliphatic heterocycles. The van der Waals surface area contributed by atoms with Gasteiger partial charge in [-0.15, -0.1) is 0 Å². The van der Waals surface area contributed by atoms with Crippen LogP contribution < -0.4 is 10.0 Å². The first-order chi connectivity index (χ1) is 14.7. The van der Waals surface area contributed by atoms with Crippen molar-refractivity contribution in [3.05, 3.63) is 71.4 Å². The zero-order valence-corrected chi connectivity index (χ0v) is 19.4. The average Bonchev–Trinajstić information content (AvgIpc) is 3.04. The second-order valence-corrected chi connectivity index (χ2v) is 10.3. The van der Waals surface area contributed by atoms with Crippen molar-refractivity contribution in [3.8, 4) is 0 Å². The lowest BCUT2D eigenvalue weighted by Gasteiger charge is -2.13. The third-order valence-corrected chi connectivity index (χ3v) is 6.44. The Morgan fingerprint density at radius 1 is 0.968 bits per heavy atom. The summed E-state index contributed by atoms with van der Waals surface area (Å²) < 4.78 is 29.4. The molecule has 1 amide bonds. The fraction of sp³-hybridized carbons (Fsp3) is 0.375. The van der Waals surface area contributed by atoms with Gasteiger partial charge in [-0.3, -0.25) is 4.79 Å². The van der Waals surface area contributed by atoms with Crippen molar-refractivity contribution in [2.24, 2.45) is 5.92 Å². The monoisotopic (exact) mass is 441 g/mol. The van der Waals surface area contributed by atoms with Crippen LogP contribution >= 0.6 is 0 Å². The second-order valence-electron chi connectivity index (χ2n) is 8.59. The zero-order valence-electron chi connectivity index (χ0n) is 18.6. The zero-order chi connectivity index (χ0) is 22.6. The van der Waals surface area contributed by atoms with Gasteiger partial charge in [-0.25, -0.2) is 13.1 Å². The van der Waals surface area contributed by atoms with Gasteiger partial charge in [0.05, 0.1) is 11.3 Å². The maximum atomic E-state index is 13.0. The highest BCUT2D eigenvalue weighted by molar-refractivity contribution is 7.88. The number of hydrogen-bond acceptors (Lipinski definition) is 3. The van der Waals surface area contributed by atoms with E-state index >= 15 is 0 Å². The van der Waals surface area contributed by atoms with Gasteiger partial charge >= 0.3 is 0 Å². The summed E-state index contributed by atoms with van der Waals surface area (Å²) in [6, 6.07) is 15.0. The van der Waals surface area contributed by atoms with Crippen molar-refractivity contribution in [1.82, 2.24) is 14.6 Å². The molecule has 2 aromatic carbocycles. The van der Waals surface area contributed by atoms with E-state index in [4.69, 9.17) is 0 Å². The topological polar surface area (TPSA) is 80.2 Å². The molecule has 3 aromatic rings. The molecule has 1 heterocycles. The second kappa shape index (κ2) is 9.66. The van der Waals surface area contributed by atoms with Crippen LogP contribution in [0.25, 0.3) is 10.9 Å². The standard InChI is InChI=1S/C24H31N3O3S/c1-17(2)14-27-15-22(21-11-7-8-12-23(21)27)24(28)25-13-19-9-5-6-10-20(19)16-31(29,30)26-18(3)4/h5-12,15,17-18,26H,13-14,16H2,1-4H3,(H,25,28). The van der Waals surface area contributed by atoms with Gasteiger partial charge in [0.15, 0.2) is 0 Å². The summed E-state index contributed by atoms with van der Waals surface area (Å²) in [6.45, 7) is 8.97. The molecule has 0 atom stereocenters. The molecule has 6 nitrogen and oxygen atoms in total. The van der Waals surface area contributed by atoms with E-state index in [0.29, 0.717) is 17.0 Å². The molecule has 0 spiro atoms. The van der Waals surface area contributed by atoms with Crippen LogP contribution in [0.4, 0.5) is 0 Å². The Morgan fingerprint density at radius 2 is 1.61 bits per heavy atom. The van der Waals surface area contributed by atoms with Gasteiger partial charge in [0.1, 0.15) is 0 Å². The molecule has 1 aromatic heterocycles. The van der Waals surface area contributed by atoms with Crippen LogP contribution in [-0.2, 0) is 28.9 Å². The van der Waals surface area contributed by atoms with Gasteiger partial charge in [0.2, 0.25) is 10.0 Å². The summed E-state index contributed by atoms with van der Waals surface area (Å²) in [5.41, 5.74) is 3.13. The van der Waals surface area contributed by atoms with E-state index in [1.54, 1.807) is 19.9 Å². The lowest BCUT2D eigenvalue weighted by atomic mass is 10.1. The lowest BCUT2D eigenvalue weighted by Crippen LogP contribution is -2.31. The number of sulfonamides is 1. The van der Waals surface area contributed by atoms with Crippen molar-refractivity contribution < 1.29 is 13.2 Å². The van der Waals surface area contributed by atoms with Gasteiger partial charge in [-0.05, 0) is 37.0 Å². The number of aromatic nitrogens is 1. The number of carbonyl (C=O) groups is 1. The van der Waals surface area contributed by atoms with Crippen LogP contribution in [-0.4, -0.2) is 24.9 Å². The van der Waals surface area contributed by atoms with Crippen LogP contribution in [0.5, 0.6) is 0 Å². The third-order valence-electron chi connectivity index (χ3n) is 4.91. The molecule has 0 saturated carbocycles. The number of rotatable bonds is 9. The quantitative estimate of drug-likeness (QED) is 0.526. The van der Waals surface area contributed by atoms with Crippen molar-refractivity contribution in [2.45, 2.75) is 52.6 Å². The highest BCUT2D eigenvalue weighted by Crippen LogP contribution is 2.23. The predicted octanol–water partition coefficient (Wildman–Crippen LogP) is 4.06. The fourth-order valence-electron chi connectivity index (χ4n) is 3.72. The SMILES string of the molecule is CC(C)Cn1cc(C(=O)NCc2ccccc2CS(=O)(=O)NC(C)C)c2ccccc21. The minimum absolute atomic E-state index is 0.120. The summed E-state index contributed by atoms with van der Waals surface area (Å²) in [6.07, 6.45) is 1.91. The van der Waals surface area contributed by atoms with Crippen LogP contribution in [0.3, 0.4) is 0 Å². The van der Waals surface area contributed by atoms with Gasteiger partial charge < -0.3 is 9.88 Å². The van der Waals surface area contributed by atoms with Crippen molar-refractivity contribution in [3.63, 3.8) is 0 Å². The third kappa shape index (κ3) is 5.95. The highest BCUT2D eigenvalue weighted by atomic mass is 32.2. The van der Waals surface area contributed by atoms with Crippen molar-refractivity contribution >= 4 is 26.8 Å². The summed E-state index contributed by atoms with van der Waals surface area (Å²) in [5.74, 6) is 0.168. The molecular weight excluding hydrogens is 410 g/mol. The molecule has 0 radical (unpaired) electrons. The summed E-state index contributed by atoms with van der Waals surface area (Å²) in [5, 5.41) is 3.89. The number of amides is 1. The Balaban J connectivity index is 1.79. The molecule has 0 bridgehead atoms. The molecule has 166 valence electrons. The number of nitrogens with one attached hydrogen (secondary N) is 2. The van der Waals surface area contributed by atoms with Gasteiger partial charge in [0.25, 0.3) is 5.91 Å². The molecule has 0 aliphatic carbocycles. The molecule has 0 saturated heterocycles. The smallest absolute Gasteiger partial charge is 0.253 e. The van der Waals surface area contributed by atoms with E-state index in [9.17, 15) is 13.2 Å². The van der Waals surface area contributed by atoms with Crippen molar-refractivity contribution in [2.75, 3.05) is 0 Å². The Kier molecular flexibility index (Phi) is 7.18. The Hall–Kier alpha value is -2.64. The van der Waals surface area contributed by atoms with E-state index in [-0.39, 0.29) is 24.2 Å². The first-order valence-corrected chi connectivity index (χ1v) is 12.2. The first kappa shape index (κ1) is 23.0. The van der Waals surface area contributed by atoms with Crippen LogP contribution in [0, 0.1) is 5.92 Å². The Bertz CT molecular complexity index is 1160. The lowest BCUT2D eigenvalue weighted by molar-refractivity contribution is 0.0952. The maximum absolute atomic E-state index is 13.0. The van der Waals surface area contributed by atoms with Crippen molar-refractivity contribution in [1.29, 1.82) is 0 Å². The minimum Gasteiger partial charge on any atom is -0.348 e. The predicted molar refractivity (Wildman–Crippen MR) is 125 cm³/mol. The molecule has 0 fully saturated rings. The average molecular weight is 442 g/mol. The largest absolute Gasteiger partial charge is 0.348 e. The highest BCUT2D eigenvalue weighted by Gasteiger charge is 2.18. The Morgan fingerprint density at radius 3 is 2.29 bits per heavy atom. The summed E-state index contributed by atoms with van der Waals surface area (Å²) in [7, 11) is -3.45. The van der Waals surface area contributed by atoms with E-state index < -0.39 is 10.0 Å². The van der Waals surface area contributed by atoms with Crippen LogP contribution in [0.15, 0.2) is 54.7 Å². The number of carbonyl (C=O) groups excluding carboxylic acids is 1. The summed E-state index contributed by atoms with van der Waals surface area (Å²) in [4.78, 5) is 13.0. The van der Waals surface area contributed by atoms with E-state index in [2.05, 4.69) is 28.5 Å². The fourth-order valence-corrected chi connectivity index (χ4v) is 5.21. The first-order valence-electron chi connectivity index (χ1n) is 10.6. The number of fused-ring (bicyclic) bond motifs is 1. The van der Waals surface area contributed by atoms with Crippen LogP contribution in [0.1, 0.15) is 49.2 Å². The maximum Gasteiger partial charge on any atom is 0.253 e. The van der Waals surface area contributed by atoms with Gasteiger partial charge in [-0.2, -0.15) is 0 Å². The molecule has 7 heteroatoms. The van der Waals surface area contributed by atoms with Gasteiger partial charge in [0, 0.05) is 36.2 Å².